The van der Waals surface area contributed by atoms with Gasteiger partial charge in [-0.05, 0) is 31.2 Å². The standard InChI is InChI=1S/C16H22N2O/c17-14-9-4-8-13(14)16(19)18-11-5-10-15(18)12-6-2-1-3-7-12/h1-3,6-7,13-15H,4-5,8-11,17H2. The van der Waals surface area contributed by atoms with Crippen LogP contribution in [-0.2, 0) is 4.79 Å². The lowest BCUT2D eigenvalue weighted by atomic mass is 10.00. The van der Waals surface area contributed by atoms with Gasteiger partial charge in [0.05, 0.1) is 12.0 Å². The van der Waals surface area contributed by atoms with Gasteiger partial charge >= 0.3 is 0 Å². The number of hydrogen-bond acceptors (Lipinski definition) is 2. The Morgan fingerprint density at radius 2 is 1.89 bits per heavy atom. The fraction of sp³-hybridized carbons (Fsp3) is 0.562. The number of carbonyl (C=O) groups excluding carboxylic acids is 1. The minimum absolute atomic E-state index is 0.0595. The molecule has 1 amide bonds. The summed E-state index contributed by atoms with van der Waals surface area (Å²) in [5.74, 6) is 0.348. The molecule has 2 fully saturated rings. The van der Waals surface area contributed by atoms with Crippen LogP contribution in [0.4, 0.5) is 0 Å². The van der Waals surface area contributed by atoms with Crippen molar-refractivity contribution < 1.29 is 4.79 Å². The lowest BCUT2D eigenvalue weighted by Gasteiger charge is -2.29. The zero-order valence-corrected chi connectivity index (χ0v) is 11.3. The van der Waals surface area contributed by atoms with E-state index in [-0.39, 0.29) is 23.9 Å². The second kappa shape index (κ2) is 5.33. The quantitative estimate of drug-likeness (QED) is 0.886. The number of hydrogen-bond donors (Lipinski definition) is 1. The zero-order valence-electron chi connectivity index (χ0n) is 11.3. The van der Waals surface area contributed by atoms with Crippen molar-refractivity contribution in [2.75, 3.05) is 6.54 Å². The van der Waals surface area contributed by atoms with Gasteiger partial charge in [0.15, 0.2) is 0 Å². The molecular formula is C16H22N2O. The summed E-state index contributed by atoms with van der Waals surface area (Å²) in [4.78, 5) is 14.8. The first-order valence-corrected chi connectivity index (χ1v) is 7.38. The van der Waals surface area contributed by atoms with Crippen molar-refractivity contribution >= 4 is 5.91 Å². The van der Waals surface area contributed by atoms with Gasteiger partial charge in [-0.25, -0.2) is 0 Å². The number of nitrogens with two attached hydrogens (primary N) is 1. The van der Waals surface area contributed by atoms with E-state index in [1.54, 1.807) is 0 Å². The Bertz CT molecular complexity index is 445. The first kappa shape index (κ1) is 12.7. The predicted octanol–water partition coefficient (Wildman–Crippen LogP) is 2.48. The van der Waals surface area contributed by atoms with Gasteiger partial charge in [0.25, 0.3) is 0 Å². The average molecular weight is 258 g/mol. The molecule has 1 saturated carbocycles. The molecule has 1 aliphatic heterocycles. The molecule has 3 heteroatoms. The highest BCUT2D eigenvalue weighted by Crippen LogP contribution is 2.35. The third kappa shape index (κ3) is 2.39. The van der Waals surface area contributed by atoms with Gasteiger partial charge < -0.3 is 10.6 Å². The zero-order chi connectivity index (χ0) is 13.2. The maximum Gasteiger partial charge on any atom is 0.227 e. The molecule has 0 bridgehead atoms. The minimum atomic E-state index is 0.0595. The monoisotopic (exact) mass is 258 g/mol. The Kier molecular flexibility index (Phi) is 3.56. The van der Waals surface area contributed by atoms with Crippen LogP contribution in [0.5, 0.6) is 0 Å². The van der Waals surface area contributed by atoms with Crippen LogP contribution in [0.2, 0.25) is 0 Å². The smallest absolute Gasteiger partial charge is 0.227 e. The topological polar surface area (TPSA) is 46.3 Å². The van der Waals surface area contributed by atoms with Gasteiger partial charge in [-0.15, -0.1) is 0 Å². The molecule has 1 heterocycles. The molecule has 3 atom stereocenters. The second-order valence-electron chi connectivity index (χ2n) is 5.80. The molecule has 1 aromatic rings. The molecule has 1 aromatic carbocycles. The molecule has 0 spiro atoms. The third-order valence-electron chi connectivity index (χ3n) is 4.61. The summed E-state index contributed by atoms with van der Waals surface area (Å²) in [6.45, 7) is 0.890. The summed E-state index contributed by atoms with van der Waals surface area (Å²) < 4.78 is 0. The van der Waals surface area contributed by atoms with Crippen molar-refractivity contribution in [2.24, 2.45) is 11.7 Å². The maximum absolute atomic E-state index is 12.7. The van der Waals surface area contributed by atoms with Crippen LogP contribution in [0.25, 0.3) is 0 Å². The summed E-state index contributed by atoms with van der Waals surface area (Å²) in [6.07, 6.45) is 5.25. The largest absolute Gasteiger partial charge is 0.335 e. The molecule has 2 N–H and O–H groups in total. The van der Waals surface area contributed by atoms with Gasteiger partial charge in [-0.3, -0.25) is 4.79 Å². The summed E-state index contributed by atoms with van der Waals surface area (Å²) >= 11 is 0. The van der Waals surface area contributed by atoms with Crippen molar-refractivity contribution in [3.63, 3.8) is 0 Å². The summed E-state index contributed by atoms with van der Waals surface area (Å²) in [5.41, 5.74) is 7.35. The first-order chi connectivity index (χ1) is 9.27. The minimum Gasteiger partial charge on any atom is -0.335 e. The first-order valence-electron chi connectivity index (χ1n) is 7.38. The lowest BCUT2D eigenvalue weighted by Crippen LogP contribution is -2.41. The van der Waals surface area contributed by atoms with Crippen LogP contribution in [0, 0.1) is 5.92 Å². The van der Waals surface area contributed by atoms with Crippen molar-refractivity contribution in [3.05, 3.63) is 35.9 Å². The molecule has 2 aliphatic rings. The van der Waals surface area contributed by atoms with Crippen LogP contribution < -0.4 is 5.73 Å². The fourth-order valence-electron chi connectivity index (χ4n) is 3.56. The Hall–Kier alpha value is -1.35. The number of likely N-dealkylation sites (tertiary alicyclic amines) is 1. The summed E-state index contributed by atoms with van der Waals surface area (Å²) in [7, 11) is 0. The van der Waals surface area contributed by atoms with Crippen molar-refractivity contribution in [1.29, 1.82) is 0 Å². The number of carbonyl (C=O) groups is 1. The van der Waals surface area contributed by atoms with Crippen molar-refractivity contribution in [2.45, 2.75) is 44.2 Å². The van der Waals surface area contributed by atoms with E-state index < -0.39 is 0 Å². The molecule has 1 aliphatic carbocycles. The van der Waals surface area contributed by atoms with Crippen molar-refractivity contribution in [1.82, 2.24) is 4.90 Å². The van der Waals surface area contributed by atoms with Gasteiger partial charge in [0.2, 0.25) is 5.91 Å². The molecule has 3 nitrogen and oxygen atoms in total. The van der Waals surface area contributed by atoms with Crippen LogP contribution >= 0.6 is 0 Å². The van der Waals surface area contributed by atoms with E-state index in [1.807, 2.05) is 6.07 Å². The Morgan fingerprint density at radius 3 is 2.58 bits per heavy atom. The molecule has 102 valence electrons. The number of benzene rings is 1. The molecule has 3 rings (SSSR count). The fourth-order valence-corrected chi connectivity index (χ4v) is 3.56. The number of nitrogens with zero attached hydrogens (tertiary/aromatic N) is 1. The van der Waals surface area contributed by atoms with Gasteiger partial charge in [0.1, 0.15) is 0 Å². The van der Waals surface area contributed by atoms with E-state index in [0.717, 1.165) is 38.6 Å². The van der Waals surface area contributed by atoms with Gasteiger partial charge in [-0.2, -0.15) is 0 Å². The third-order valence-corrected chi connectivity index (χ3v) is 4.61. The van der Waals surface area contributed by atoms with Crippen LogP contribution in [0.1, 0.15) is 43.7 Å². The van der Waals surface area contributed by atoms with E-state index in [9.17, 15) is 4.79 Å². The summed E-state index contributed by atoms with van der Waals surface area (Å²) in [5, 5.41) is 0. The highest BCUT2D eigenvalue weighted by molar-refractivity contribution is 5.80. The van der Waals surface area contributed by atoms with Crippen LogP contribution in [-0.4, -0.2) is 23.4 Å². The maximum atomic E-state index is 12.7. The highest BCUT2D eigenvalue weighted by Gasteiger charge is 2.38. The average Bonchev–Trinajstić information content (AvgIpc) is 3.07. The van der Waals surface area contributed by atoms with Gasteiger partial charge in [-0.1, -0.05) is 36.8 Å². The lowest BCUT2D eigenvalue weighted by molar-refractivity contribution is -0.136. The summed E-state index contributed by atoms with van der Waals surface area (Å²) in [6, 6.07) is 10.7. The second-order valence-corrected chi connectivity index (χ2v) is 5.80. The molecule has 1 saturated heterocycles. The molecular weight excluding hydrogens is 236 g/mol. The predicted molar refractivity (Wildman–Crippen MR) is 75.4 cm³/mol. The Morgan fingerprint density at radius 1 is 1.11 bits per heavy atom. The van der Waals surface area contributed by atoms with E-state index in [0.29, 0.717) is 0 Å². The molecule has 3 unspecified atom stereocenters. The van der Waals surface area contributed by atoms with E-state index in [4.69, 9.17) is 5.73 Å². The SMILES string of the molecule is NC1CCCC1C(=O)N1CCCC1c1ccccc1. The highest BCUT2D eigenvalue weighted by atomic mass is 16.2. The molecule has 0 radical (unpaired) electrons. The van der Waals surface area contributed by atoms with Crippen molar-refractivity contribution in [3.8, 4) is 0 Å². The van der Waals surface area contributed by atoms with Gasteiger partial charge in [0, 0.05) is 12.6 Å². The number of rotatable bonds is 2. The van der Waals surface area contributed by atoms with Crippen LogP contribution in [0.15, 0.2) is 30.3 Å². The van der Waals surface area contributed by atoms with Crippen LogP contribution in [0.3, 0.4) is 0 Å². The van der Waals surface area contributed by atoms with E-state index in [2.05, 4.69) is 29.2 Å². The molecule has 0 aromatic heterocycles. The normalized spacial score (nSPS) is 30.8. The molecule has 19 heavy (non-hydrogen) atoms. The Balaban J connectivity index is 1.78. The Labute approximate surface area is 114 Å². The van der Waals surface area contributed by atoms with E-state index in [1.165, 1.54) is 5.56 Å². The van der Waals surface area contributed by atoms with E-state index >= 15 is 0 Å². The number of amides is 1.